The molecule has 0 bridgehead atoms. The molecular weight excluding hydrogens is 699 g/mol. The molecule has 0 fully saturated rings. The molecule has 0 radical (unpaired) electrons. The lowest BCUT2D eigenvalue weighted by atomic mass is 9.94. The van der Waals surface area contributed by atoms with Crippen LogP contribution in [0.2, 0.25) is 0 Å². The summed E-state index contributed by atoms with van der Waals surface area (Å²) >= 11 is 0. The Bertz CT molecular complexity index is 1360. The Morgan fingerprint density at radius 1 is 0.618 bits per heavy atom. The van der Waals surface area contributed by atoms with Gasteiger partial charge in [0.2, 0.25) is 11.9 Å². The molecule has 5 N–H and O–H groups in total. The van der Waals surface area contributed by atoms with Gasteiger partial charge in [-0.15, -0.1) is 4.99 Å². The number of nitrogens with zero attached hydrogens (tertiary/aromatic N) is 1. The molecule has 2 rings (SSSR count). The van der Waals surface area contributed by atoms with E-state index in [0.29, 0.717) is 13.2 Å². The third-order valence-electron chi connectivity index (χ3n) is 9.19. The minimum Gasteiger partial charge on any atom is -0.465 e. The third kappa shape index (κ3) is 23.8. The quantitative estimate of drug-likeness (QED) is 0.0218. The van der Waals surface area contributed by atoms with E-state index in [4.69, 9.17) is 19.9 Å². The number of amides is 3. The van der Waals surface area contributed by atoms with Crippen LogP contribution in [0.15, 0.2) is 65.7 Å². The zero-order valence-corrected chi connectivity index (χ0v) is 33.4. The fourth-order valence-corrected chi connectivity index (χ4v) is 5.87. The van der Waals surface area contributed by atoms with Gasteiger partial charge in [-0.25, -0.2) is 9.59 Å². The molecule has 0 aliphatic rings. The second kappa shape index (κ2) is 30.8. The van der Waals surface area contributed by atoms with Crippen LogP contribution in [0.1, 0.15) is 134 Å². The molecule has 0 aromatic heterocycles. The summed E-state index contributed by atoms with van der Waals surface area (Å²) in [5.74, 6) is -0.520. The normalized spacial score (nSPS) is 12.3. The molecule has 0 aliphatic carbocycles. The summed E-state index contributed by atoms with van der Waals surface area (Å²) in [7, 11) is 0. The molecular formula is C43H67N5O7. The van der Waals surface area contributed by atoms with E-state index in [1.165, 1.54) is 51.4 Å². The number of guanidine groups is 1. The van der Waals surface area contributed by atoms with Gasteiger partial charge in [-0.1, -0.05) is 145 Å². The summed E-state index contributed by atoms with van der Waals surface area (Å²) in [5, 5.41) is 8.15. The largest absolute Gasteiger partial charge is 0.465 e. The molecule has 0 aliphatic heterocycles. The van der Waals surface area contributed by atoms with Crippen LogP contribution >= 0.6 is 0 Å². The lowest BCUT2D eigenvalue weighted by Gasteiger charge is -2.16. The highest BCUT2D eigenvalue weighted by molar-refractivity contribution is 5.98. The number of alkyl carbamates (subject to hydrolysis) is 1. The van der Waals surface area contributed by atoms with Crippen LogP contribution in [0.3, 0.4) is 0 Å². The summed E-state index contributed by atoms with van der Waals surface area (Å²) < 4.78 is 16.2. The van der Waals surface area contributed by atoms with Crippen molar-refractivity contribution in [2.75, 3.05) is 19.7 Å². The van der Waals surface area contributed by atoms with Crippen LogP contribution in [0.5, 0.6) is 0 Å². The van der Waals surface area contributed by atoms with Gasteiger partial charge < -0.3 is 30.6 Å². The van der Waals surface area contributed by atoms with Crippen LogP contribution in [-0.4, -0.2) is 55.8 Å². The number of hydrogen-bond acceptors (Lipinski definition) is 8. The van der Waals surface area contributed by atoms with Gasteiger partial charge in [0.1, 0.15) is 13.2 Å². The molecule has 12 heteroatoms. The summed E-state index contributed by atoms with van der Waals surface area (Å²) in [6.07, 6.45) is 15.6. The third-order valence-corrected chi connectivity index (χ3v) is 9.19. The van der Waals surface area contributed by atoms with Crippen LogP contribution in [-0.2, 0) is 37.0 Å². The zero-order valence-electron chi connectivity index (χ0n) is 33.4. The number of esters is 1. The van der Waals surface area contributed by atoms with Gasteiger partial charge in [0.05, 0.1) is 18.6 Å². The molecule has 0 saturated heterocycles. The Hall–Kier alpha value is -4.45. The molecule has 0 saturated carbocycles. The van der Waals surface area contributed by atoms with Crippen molar-refractivity contribution < 1.29 is 33.4 Å². The molecule has 0 heterocycles. The molecule has 2 aromatic rings. The number of rotatable bonds is 28. The van der Waals surface area contributed by atoms with Gasteiger partial charge in [-0.05, 0) is 49.7 Å². The second-order valence-corrected chi connectivity index (χ2v) is 14.0. The first-order valence-corrected chi connectivity index (χ1v) is 20.5. The second-order valence-electron chi connectivity index (χ2n) is 14.0. The maximum Gasteiger partial charge on any atom is 0.437 e. The number of ether oxygens (including phenoxy) is 3. The molecule has 2 aromatic carbocycles. The lowest BCUT2D eigenvalue weighted by molar-refractivity contribution is -0.149. The number of nitrogens with two attached hydrogens (primary N) is 1. The highest BCUT2D eigenvalue weighted by Gasteiger charge is 2.19. The summed E-state index contributed by atoms with van der Waals surface area (Å²) in [6.45, 7) is 5.50. The van der Waals surface area contributed by atoms with E-state index in [2.05, 4.69) is 34.8 Å². The smallest absolute Gasteiger partial charge is 0.437 e. The minimum absolute atomic E-state index is 0.00639. The van der Waals surface area contributed by atoms with E-state index in [-0.39, 0.29) is 49.9 Å². The van der Waals surface area contributed by atoms with E-state index < -0.39 is 18.2 Å². The number of hydrogen-bond donors (Lipinski definition) is 4. The topological polar surface area (TPSA) is 170 Å². The Kier molecular flexibility index (Phi) is 26.2. The fourth-order valence-electron chi connectivity index (χ4n) is 5.87. The number of benzene rings is 2. The first-order chi connectivity index (χ1) is 26.8. The van der Waals surface area contributed by atoms with Crippen LogP contribution in [0, 0.1) is 5.92 Å². The SMILES string of the molecule is CCCCCCCCC(CCCCCC)C(=O)OCCCCCCNC(=O)[C@@H](N)CCN/C(=N\C(=O)OCc1ccccc1)NC(=O)OCc1ccccc1. The zero-order chi connectivity index (χ0) is 39.8. The van der Waals surface area contributed by atoms with Gasteiger partial charge in [0.25, 0.3) is 0 Å². The summed E-state index contributed by atoms with van der Waals surface area (Å²) in [4.78, 5) is 54.3. The van der Waals surface area contributed by atoms with E-state index in [9.17, 15) is 19.2 Å². The monoisotopic (exact) mass is 766 g/mol. The lowest BCUT2D eigenvalue weighted by Crippen LogP contribution is -2.46. The number of aliphatic imine (C=N–C) groups is 1. The Labute approximate surface area is 329 Å². The van der Waals surface area contributed by atoms with Gasteiger partial charge in [-0.3, -0.25) is 14.9 Å². The van der Waals surface area contributed by atoms with Crippen molar-refractivity contribution in [1.82, 2.24) is 16.0 Å². The fraction of sp³-hybridized carbons (Fsp3) is 0.605. The molecule has 2 atom stereocenters. The van der Waals surface area contributed by atoms with E-state index in [1.807, 2.05) is 60.7 Å². The highest BCUT2D eigenvalue weighted by atomic mass is 16.6. The van der Waals surface area contributed by atoms with Crippen molar-refractivity contribution in [2.45, 2.75) is 142 Å². The first-order valence-electron chi connectivity index (χ1n) is 20.5. The van der Waals surface area contributed by atoms with Crippen molar-refractivity contribution in [3.8, 4) is 0 Å². The first kappa shape index (κ1) is 46.7. The molecule has 306 valence electrons. The molecule has 3 amide bonds. The Morgan fingerprint density at radius 3 is 1.80 bits per heavy atom. The number of unbranched alkanes of at least 4 members (excludes halogenated alkanes) is 11. The number of carbonyl (C=O) groups excluding carboxylic acids is 4. The van der Waals surface area contributed by atoms with Gasteiger partial charge in [0.15, 0.2) is 0 Å². The predicted molar refractivity (Wildman–Crippen MR) is 217 cm³/mol. The summed E-state index contributed by atoms with van der Waals surface area (Å²) in [6, 6.07) is 17.5. The van der Waals surface area contributed by atoms with E-state index in [1.54, 1.807) is 0 Å². The maximum atomic E-state index is 12.9. The highest BCUT2D eigenvalue weighted by Crippen LogP contribution is 2.21. The average Bonchev–Trinajstić information content (AvgIpc) is 3.19. The minimum atomic E-state index is -0.916. The Balaban J connectivity index is 1.68. The van der Waals surface area contributed by atoms with Crippen LogP contribution in [0.4, 0.5) is 9.59 Å². The Morgan fingerprint density at radius 2 is 1.16 bits per heavy atom. The standard InChI is InChI=1S/C43H67N5O7/c1-3-5-7-9-10-20-28-37(27-19-8-6-4-2)40(50)53-32-22-12-11-21-30-45-39(49)38(44)29-31-46-41(47-42(51)54-33-35-23-15-13-16-24-35)48-43(52)55-34-36-25-17-14-18-26-36/h13-18,23-26,37-38H,3-12,19-22,27-34,44H2,1-2H3,(H,45,49)(H2,46,47,48,51,52)/t37?,38-/m0/s1. The van der Waals surface area contributed by atoms with Crippen molar-refractivity contribution in [2.24, 2.45) is 16.6 Å². The average molecular weight is 766 g/mol. The van der Waals surface area contributed by atoms with Crippen molar-refractivity contribution in [3.63, 3.8) is 0 Å². The molecule has 55 heavy (non-hydrogen) atoms. The van der Waals surface area contributed by atoms with Gasteiger partial charge >= 0.3 is 18.2 Å². The van der Waals surface area contributed by atoms with Gasteiger partial charge in [-0.2, -0.15) is 0 Å². The van der Waals surface area contributed by atoms with E-state index >= 15 is 0 Å². The number of carbonyl (C=O) groups is 4. The van der Waals surface area contributed by atoms with Crippen molar-refractivity contribution in [3.05, 3.63) is 71.8 Å². The predicted octanol–water partition coefficient (Wildman–Crippen LogP) is 8.47. The maximum absolute atomic E-state index is 12.9. The van der Waals surface area contributed by atoms with Gasteiger partial charge in [0, 0.05) is 13.1 Å². The summed E-state index contributed by atoms with van der Waals surface area (Å²) in [5.41, 5.74) is 7.70. The van der Waals surface area contributed by atoms with Crippen molar-refractivity contribution >= 4 is 30.0 Å². The number of nitrogens with one attached hydrogen (secondary N) is 3. The van der Waals surface area contributed by atoms with Crippen LogP contribution < -0.4 is 21.7 Å². The molecule has 12 nitrogen and oxygen atoms in total. The van der Waals surface area contributed by atoms with Crippen LogP contribution in [0.25, 0.3) is 0 Å². The molecule has 1 unspecified atom stereocenters. The van der Waals surface area contributed by atoms with E-state index in [0.717, 1.165) is 62.5 Å². The molecule has 0 spiro atoms. The van der Waals surface area contributed by atoms with Crippen molar-refractivity contribution in [1.29, 1.82) is 0 Å².